The minimum absolute atomic E-state index is 0.0120. The highest BCUT2D eigenvalue weighted by Crippen LogP contribution is 2.78. The molecule has 2 N–H and O–H groups in total. The van der Waals surface area contributed by atoms with Crippen LogP contribution in [0.5, 0.6) is 0 Å². The molecule has 7 aliphatic rings. The first-order valence-corrected chi connectivity index (χ1v) is 27.7. The van der Waals surface area contributed by atoms with Gasteiger partial charge in [-0.2, -0.15) is 0 Å². The lowest BCUT2D eigenvalue weighted by atomic mass is 9.32. The van der Waals surface area contributed by atoms with Crippen molar-refractivity contribution in [2.24, 2.45) is 62.1 Å². The molecule has 6 aliphatic carbocycles. The van der Waals surface area contributed by atoms with Gasteiger partial charge in [0.25, 0.3) is 0 Å². The van der Waals surface area contributed by atoms with Crippen LogP contribution in [0.1, 0.15) is 152 Å². The Morgan fingerprint density at radius 1 is 0.823 bits per heavy atom. The predicted octanol–water partition coefficient (Wildman–Crippen LogP) is 8.96. The van der Waals surface area contributed by atoms with Crippen molar-refractivity contribution >= 4 is 29.4 Å². The largest absolute Gasteiger partial charge is 0.481 e. The molecule has 0 amide bonds. The molecular weight excluding hydrogens is 828 g/mol. The van der Waals surface area contributed by atoms with Gasteiger partial charge in [-0.1, -0.05) is 55.4 Å². The maximum absolute atomic E-state index is 13.4. The van der Waals surface area contributed by atoms with Gasteiger partial charge in [0, 0.05) is 50.8 Å². The van der Waals surface area contributed by atoms with Crippen LogP contribution in [0.25, 0.3) is 0 Å². The molecule has 62 heavy (non-hydrogen) atoms. The molecule has 1 heterocycles. The summed E-state index contributed by atoms with van der Waals surface area (Å²) in [7, 11) is -3.73. The van der Waals surface area contributed by atoms with Gasteiger partial charge in [0.05, 0.1) is 30.5 Å². The van der Waals surface area contributed by atoms with Gasteiger partial charge < -0.3 is 28.9 Å². The van der Waals surface area contributed by atoms with Crippen LogP contribution >= 0.6 is 7.60 Å². The third-order valence-corrected chi connectivity index (χ3v) is 23.1. The quantitative estimate of drug-likeness (QED) is 0.112. The smallest absolute Gasteiger partial charge is 0.355 e. The number of carbonyl (C=O) groups excluding carboxylic acids is 1. The van der Waals surface area contributed by atoms with Gasteiger partial charge >= 0.3 is 19.5 Å². The van der Waals surface area contributed by atoms with E-state index in [0.717, 1.165) is 32.1 Å². The molecule has 0 aromatic heterocycles. The second kappa shape index (κ2) is 16.9. The maximum atomic E-state index is 13.4. The fourth-order valence-electron chi connectivity index (χ4n) is 16.0. The molecule has 1 saturated heterocycles. The van der Waals surface area contributed by atoms with Gasteiger partial charge in [0.2, 0.25) is 0 Å². The number of rotatable bonds is 16. The molecule has 0 unspecified atom stereocenters. The van der Waals surface area contributed by atoms with E-state index < -0.39 is 28.8 Å². The first-order chi connectivity index (χ1) is 28.7. The van der Waals surface area contributed by atoms with Crippen molar-refractivity contribution in [3.05, 3.63) is 0 Å². The van der Waals surface area contributed by atoms with E-state index in [2.05, 4.69) is 51.8 Å². The van der Waals surface area contributed by atoms with Gasteiger partial charge in [-0.3, -0.25) is 19.1 Å². The minimum Gasteiger partial charge on any atom is -0.481 e. The molecule has 0 aromatic rings. The molecular formula is C48H83N2O10PS. The summed E-state index contributed by atoms with van der Waals surface area (Å²) >= 11 is 0. The number of ether oxygens (including phenoxy) is 2. The molecule has 1 aliphatic heterocycles. The Morgan fingerprint density at radius 2 is 1.48 bits per heavy atom. The third kappa shape index (κ3) is 8.68. The highest BCUT2D eigenvalue weighted by Gasteiger charge is 2.72. The highest BCUT2D eigenvalue weighted by molar-refractivity contribution is 7.91. The Labute approximate surface area is 374 Å². The summed E-state index contributed by atoms with van der Waals surface area (Å²) in [4.78, 5) is 27.1. The van der Waals surface area contributed by atoms with Crippen LogP contribution in [0.2, 0.25) is 0 Å². The molecule has 6 saturated carbocycles. The van der Waals surface area contributed by atoms with Crippen molar-refractivity contribution in [2.45, 2.75) is 176 Å². The first kappa shape index (κ1) is 48.8. The average Bonchev–Trinajstić information content (AvgIpc) is 3.81. The van der Waals surface area contributed by atoms with E-state index in [1.54, 1.807) is 0 Å². The molecule has 0 radical (unpaired) electrons. The zero-order chi connectivity index (χ0) is 45.5. The number of hydrogen-bond donors (Lipinski definition) is 2. The van der Waals surface area contributed by atoms with E-state index in [1.165, 1.54) is 59.2 Å². The fraction of sp³-hybridized carbons (Fsp3) is 0.958. The van der Waals surface area contributed by atoms with E-state index in [4.69, 9.17) is 18.5 Å². The van der Waals surface area contributed by atoms with Crippen molar-refractivity contribution in [1.82, 2.24) is 10.2 Å². The average molecular weight is 911 g/mol. The zero-order valence-electron chi connectivity index (χ0n) is 40.2. The third-order valence-electron chi connectivity index (χ3n) is 19.9. The zero-order valence-corrected chi connectivity index (χ0v) is 41.9. The predicted molar refractivity (Wildman–Crippen MR) is 241 cm³/mol. The number of fused-ring (bicyclic) bond motifs is 7. The van der Waals surface area contributed by atoms with Gasteiger partial charge in [-0.25, -0.2) is 8.42 Å². The molecule has 0 bridgehead atoms. The van der Waals surface area contributed by atoms with Gasteiger partial charge in [0.1, 0.15) is 12.5 Å². The van der Waals surface area contributed by atoms with Crippen LogP contribution in [0.4, 0.5) is 0 Å². The normalized spacial score (nSPS) is 40.8. The van der Waals surface area contributed by atoms with Crippen molar-refractivity contribution < 1.29 is 46.2 Å². The molecule has 12 atom stereocenters. The second-order valence-corrected chi connectivity index (χ2v) is 28.5. The first-order valence-electron chi connectivity index (χ1n) is 24.2. The summed E-state index contributed by atoms with van der Waals surface area (Å²) < 4.78 is 61.3. The Hall–Kier alpha value is -1.08. The Bertz CT molecular complexity index is 1830. The SMILES string of the molecule is COP(=O)(CO[C@H](C)[C@@H](CN[C@]12CC[C@@H](C3(C)CC3)[C@@H]1[C@H]1CC[C@@H]3[C@@]4(C)CC[C@H](OC(=O)CC(C)(C)CC(=O)O)C(C)(C)[C@@H]4CC[C@@]3(C)[C@]1(C)CC2)N1CCS(=O)(=O)CC1)OC. The van der Waals surface area contributed by atoms with Crippen LogP contribution in [-0.4, -0.2) is 106 Å². The summed E-state index contributed by atoms with van der Waals surface area (Å²) in [6.07, 6.45) is 13.3. The minimum atomic E-state index is -3.40. The number of nitrogens with one attached hydrogen (secondary N) is 1. The Balaban J connectivity index is 1.12. The summed E-state index contributed by atoms with van der Waals surface area (Å²) in [6, 6.07) is -0.107. The number of hydrogen-bond acceptors (Lipinski definition) is 11. The second-order valence-electron chi connectivity index (χ2n) is 24.0. The number of nitrogens with zero attached hydrogens (tertiary/aromatic N) is 1. The van der Waals surface area contributed by atoms with E-state index in [1.807, 2.05) is 20.8 Å². The van der Waals surface area contributed by atoms with Gasteiger partial charge in [-0.15, -0.1) is 0 Å². The molecule has 356 valence electrons. The number of carbonyl (C=O) groups is 2. The van der Waals surface area contributed by atoms with Crippen LogP contribution in [0.3, 0.4) is 0 Å². The summed E-state index contributed by atoms with van der Waals surface area (Å²) in [5.41, 5.74) is -0.00494. The fourth-order valence-corrected chi connectivity index (χ4v) is 18.0. The number of carboxylic acid groups (broad SMARTS) is 1. The molecule has 0 spiro atoms. The topological polar surface area (TPSA) is 158 Å². The lowest BCUT2D eigenvalue weighted by molar-refractivity contribution is -0.248. The van der Waals surface area contributed by atoms with Crippen molar-refractivity contribution in [1.29, 1.82) is 0 Å². The summed E-state index contributed by atoms with van der Waals surface area (Å²) in [5.74, 6) is 1.91. The van der Waals surface area contributed by atoms with Crippen molar-refractivity contribution in [3.63, 3.8) is 0 Å². The number of esters is 1. The van der Waals surface area contributed by atoms with Crippen LogP contribution in [0, 0.1) is 62.1 Å². The standard InChI is InChI=1S/C48H83N2O10PS/c1-32(59-31-61(54,57-10)58-11)35(50-24-26-62(55,56)27-25-50)30-49-48-19-14-33(44(6)20-21-44)41(48)34-12-13-37-45(7)17-16-38(60-40(53)29-42(2,3)28-39(51)52)43(4,5)36(45)15-18-47(37,9)46(34,8)22-23-48/h32-38,41,49H,12-31H2,1-11H3,(H,51,52)/t32-,33-,34-,35-,36+,37-,38+,41-,45+,46-,47-,48+/m1/s1. The number of carboxylic acids is 1. The van der Waals surface area contributed by atoms with Crippen LogP contribution < -0.4 is 5.32 Å². The van der Waals surface area contributed by atoms with Gasteiger partial charge in [0.15, 0.2) is 9.84 Å². The Morgan fingerprint density at radius 3 is 2.10 bits per heavy atom. The summed E-state index contributed by atoms with van der Waals surface area (Å²) in [5, 5.41) is 13.7. The van der Waals surface area contributed by atoms with E-state index in [0.29, 0.717) is 54.6 Å². The van der Waals surface area contributed by atoms with E-state index >= 15 is 0 Å². The lowest BCUT2D eigenvalue weighted by Gasteiger charge is -2.73. The van der Waals surface area contributed by atoms with Gasteiger partial charge in [-0.05, 0) is 141 Å². The number of aliphatic carboxylic acids is 1. The lowest BCUT2D eigenvalue weighted by Crippen LogP contribution is -2.69. The van der Waals surface area contributed by atoms with Crippen molar-refractivity contribution in [2.75, 3.05) is 51.7 Å². The maximum Gasteiger partial charge on any atom is 0.355 e. The highest BCUT2D eigenvalue weighted by atomic mass is 32.2. The molecule has 7 fully saturated rings. The summed E-state index contributed by atoms with van der Waals surface area (Å²) in [6.45, 7) is 22.4. The Kier molecular flexibility index (Phi) is 13.3. The van der Waals surface area contributed by atoms with E-state index in [9.17, 15) is 27.7 Å². The molecule has 14 heteroatoms. The molecule has 0 aromatic carbocycles. The monoisotopic (exact) mass is 911 g/mol. The van der Waals surface area contributed by atoms with E-state index in [-0.39, 0.29) is 82.1 Å². The van der Waals surface area contributed by atoms with Crippen LogP contribution in [-0.2, 0) is 42.5 Å². The van der Waals surface area contributed by atoms with Crippen molar-refractivity contribution in [3.8, 4) is 0 Å². The number of sulfone groups is 1. The van der Waals surface area contributed by atoms with Crippen LogP contribution in [0.15, 0.2) is 0 Å². The molecule has 7 rings (SSSR count). The molecule has 12 nitrogen and oxygen atoms in total.